The highest BCUT2D eigenvalue weighted by atomic mass is 15.2. The molecular formula is C13H22N2. The molecule has 1 aromatic rings. The fraction of sp³-hybridized carbons (Fsp3) is 0.538. The van der Waals surface area contributed by atoms with Gasteiger partial charge in [-0.25, -0.2) is 0 Å². The molecular weight excluding hydrogens is 184 g/mol. The SMILES string of the molecule is CCN(c1ccc(C)cc1)C(C)CNC. The summed E-state index contributed by atoms with van der Waals surface area (Å²) in [5.74, 6) is 0. The zero-order chi connectivity index (χ0) is 11.3. The lowest BCUT2D eigenvalue weighted by Gasteiger charge is -2.30. The topological polar surface area (TPSA) is 15.3 Å². The number of nitrogens with one attached hydrogen (secondary N) is 1. The van der Waals surface area contributed by atoms with Gasteiger partial charge < -0.3 is 10.2 Å². The van der Waals surface area contributed by atoms with Crippen LogP contribution in [0.1, 0.15) is 19.4 Å². The Morgan fingerprint density at radius 3 is 2.33 bits per heavy atom. The Morgan fingerprint density at radius 1 is 1.27 bits per heavy atom. The summed E-state index contributed by atoms with van der Waals surface area (Å²) in [5, 5.41) is 3.22. The predicted molar refractivity (Wildman–Crippen MR) is 67.6 cm³/mol. The Labute approximate surface area is 93.3 Å². The largest absolute Gasteiger partial charge is 0.368 e. The van der Waals surface area contributed by atoms with E-state index < -0.39 is 0 Å². The highest BCUT2D eigenvalue weighted by Gasteiger charge is 2.11. The summed E-state index contributed by atoms with van der Waals surface area (Å²) >= 11 is 0. The molecule has 2 nitrogen and oxygen atoms in total. The summed E-state index contributed by atoms with van der Waals surface area (Å²) in [6.07, 6.45) is 0. The highest BCUT2D eigenvalue weighted by Crippen LogP contribution is 2.17. The van der Waals surface area contributed by atoms with Crippen molar-refractivity contribution in [2.75, 3.05) is 25.0 Å². The first-order valence-corrected chi connectivity index (χ1v) is 5.67. The summed E-state index contributed by atoms with van der Waals surface area (Å²) in [7, 11) is 2.00. The van der Waals surface area contributed by atoms with E-state index in [1.807, 2.05) is 7.05 Å². The van der Waals surface area contributed by atoms with Crippen LogP contribution in [0.3, 0.4) is 0 Å². The van der Waals surface area contributed by atoms with E-state index in [4.69, 9.17) is 0 Å². The van der Waals surface area contributed by atoms with E-state index in [0.29, 0.717) is 6.04 Å². The molecule has 0 saturated carbocycles. The molecule has 1 N–H and O–H groups in total. The molecule has 0 aliphatic rings. The van der Waals surface area contributed by atoms with Crippen LogP contribution in [0.4, 0.5) is 5.69 Å². The lowest BCUT2D eigenvalue weighted by atomic mass is 10.2. The van der Waals surface area contributed by atoms with Gasteiger partial charge in [0.2, 0.25) is 0 Å². The van der Waals surface area contributed by atoms with Gasteiger partial charge in [0.1, 0.15) is 0 Å². The Hall–Kier alpha value is -1.02. The number of aryl methyl sites for hydroxylation is 1. The van der Waals surface area contributed by atoms with E-state index in [2.05, 4.69) is 55.3 Å². The molecule has 0 amide bonds. The van der Waals surface area contributed by atoms with Crippen molar-refractivity contribution in [2.45, 2.75) is 26.8 Å². The van der Waals surface area contributed by atoms with Gasteiger partial charge in [-0.15, -0.1) is 0 Å². The van der Waals surface area contributed by atoms with Crippen molar-refractivity contribution in [2.24, 2.45) is 0 Å². The maximum absolute atomic E-state index is 3.22. The van der Waals surface area contributed by atoms with Gasteiger partial charge in [0.25, 0.3) is 0 Å². The molecule has 84 valence electrons. The standard InChI is InChI=1S/C13H22N2/c1-5-15(12(3)10-14-4)13-8-6-11(2)7-9-13/h6-9,12,14H,5,10H2,1-4H3. The minimum absolute atomic E-state index is 0.530. The van der Waals surface area contributed by atoms with Gasteiger partial charge in [0, 0.05) is 24.8 Å². The molecule has 1 rings (SSSR count). The van der Waals surface area contributed by atoms with E-state index in [9.17, 15) is 0 Å². The molecule has 0 bridgehead atoms. The number of anilines is 1. The molecule has 0 aromatic heterocycles. The maximum Gasteiger partial charge on any atom is 0.0386 e. The van der Waals surface area contributed by atoms with Crippen molar-refractivity contribution in [3.63, 3.8) is 0 Å². The van der Waals surface area contributed by atoms with Crippen molar-refractivity contribution < 1.29 is 0 Å². The monoisotopic (exact) mass is 206 g/mol. The van der Waals surface area contributed by atoms with Gasteiger partial charge in [-0.1, -0.05) is 17.7 Å². The Bertz CT molecular complexity index is 279. The highest BCUT2D eigenvalue weighted by molar-refractivity contribution is 5.48. The number of nitrogens with zero attached hydrogens (tertiary/aromatic N) is 1. The number of benzene rings is 1. The number of likely N-dealkylation sites (N-methyl/N-ethyl adjacent to an activating group) is 2. The Morgan fingerprint density at radius 2 is 1.87 bits per heavy atom. The summed E-state index contributed by atoms with van der Waals surface area (Å²) in [6.45, 7) is 8.64. The van der Waals surface area contributed by atoms with E-state index in [1.165, 1.54) is 11.3 Å². The molecule has 1 atom stereocenters. The summed E-state index contributed by atoms with van der Waals surface area (Å²) in [4.78, 5) is 2.41. The fourth-order valence-electron chi connectivity index (χ4n) is 1.89. The average molecular weight is 206 g/mol. The zero-order valence-corrected chi connectivity index (χ0v) is 10.2. The normalized spacial score (nSPS) is 12.5. The third-order valence-corrected chi connectivity index (χ3v) is 2.74. The van der Waals surface area contributed by atoms with Crippen molar-refractivity contribution in [1.82, 2.24) is 5.32 Å². The minimum Gasteiger partial charge on any atom is -0.368 e. The molecule has 0 fully saturated rings. The summed E-state index contributed by atoms with van der Waals surface area (Å²) < 4.78 is 0. The van der Waals surface area contributed by atoms with Crippen LogP contribution in [-0.4, -0.2) is 26.2 Å². The molecule has 0 radical (unpaired) electrons. The molecule has 2 heteroatoms. The van der Waals surface area contributed by atoms with Crippen molar-refractivity contribution >= 4 is 5.69 Å². The molecule has 0 aliphatic heterocycles. The molecule has 15 heavy (non-hydrogen) atoms. The van der Waals surface area contributed by atoms with E-state index in [-0.39, 0.29) is 0 Å². The van der Waals surface area contributed by atoms with Gasteiger partial charge >= 0.3 is 0 Å². The van der Waals surface area contributed by atoms with Crippen LogP contribution in [0, 0.1) is 6.92 Å². The Kier molecular flexibility index (Phi) is 4.63. The smallest absolute Gasteiger partial charge is 0.0386 e. The zero-order valence-electron chi connectivity index (χ0n) is 10.2. The average Bonchev–Trinajstić information content (AvgIpc) is 2.22. The van der Waals surface area contributed by atoms with Crippen LogP contribution in [0.5, 0.6) is 0 Å². The first-order chi connectivity index (χ1) is 7.19. The van der Waals surface area contributed by atoms with Gasteiger partial charge in [0.05, 0.1) is 0 Å². The molecule has 0 aliphatic carbocycles. The van der Waals surface area contributed by atoms with Gasteiger partial charge in [-0.3, -0.25) is 0 Å². The third-order valence-electron chi connectivity index (χ3n) is 2.74. The first kappa shape index (κ1) is 12.1. The molecule has 1 aromatic carbocycles. The second kappa shape index (κ2) is 5.76. The van der Waals surface area contributed by atoms with Gasteiger partial charge in [-0.05, 0) is 40.0 Å². The molecule has 0 heterocycles. The minimum atomic E-state index is 0.530. The van der Waals surface area contributed by atoms with Crippen molar-refractivity contribution in [3.05, 3.63) is 29.8 Å². The van der Waals surface area contributed by atoms with Gasteiger partial charge in [-0.2, -0.15) is 0 Å². The van der Waals surface area contributed by atoms with Crippen molar-refractivity contribution in [1.29, 1.82) is 0 Å². The van der Waals surface area contributed by atoms with Crippen LogP contribution < -0.4 is 10.2 Å². The quantitative estimate of drug-likeness (QED) is 0.796. The van der Waals surface area contributed by atoms with E-state index >= 15 is 0 Å². The van der Waals surface area contributed by atoms with Crippen LogP contribution in [0.25, 0.3) is 0 Å². The summed E-state index contributed by atoms with van der Waals surface area (Å²) in [5.41, 5.74) is 2.63. The van der Waals surface area contributed by atoms with E-state index in [1.54, 1.807) is 0 Å². The second-order valence-electron chi connectivity index (χ2n) is 4.03. The molecule has 0 spiro atoms. The van der Waals surface area contributed by atoms with Gasteiger partial charge in [0.15, 0.2) is 0 Å². The van der Waals surface area contributed by atoms with E-state index in [0.717, 1.165) is 13.1 Å². The predicted octanol–water partition coefficient (Wildman–Crippen LogP) is 2.43. The number of rotatable bonds is 5. The van der Waals surface area contributed by atoms with Crippen LogP contribution >= 0.6 is 0 Å². The Balaban J connectivity index is 2.77. The molecule has 0 saturated heterocycles. The fourth-order valence-corrected chi connectivity index (χ4v) is 1.89. The van der Waals surface area contributed by atoms with Crippen molar-refractivity contribution in [3.8, 4) is 0 Å². The van der Waals surface area contributed by atoms with Crippen LogP contribution in [0.15, 0.2) is 24.3 Å². The maximum atomic E-state index is 3.22. The first-order valence-electron chi connectivity index (χ1n) is 5.67. The second-order valence-corrected chi connectivity index (χ2v) is 4.03. The molecule has 1 unspecified atom stereocenters. The number of hydrogen-bond acceptors (Lipinski definition) is 2. The lowest BCUT2D eigenvalue weighted by Crippen LogP contribution is -2.39. The lowest BCUT2D eigenvalue weighted by molar-refractivity contribution is 0.605. The third kappa shape index (κ3) is 3.24. The van der Waals surface area contributed by atoms with Crippen LogP contribution in [-0.2, 0) is 0 Å². The van der Waals surface area contributed by atoms with Crippen LogP contribution in [0.2, 0.25) is 0 Å². The summed E-state index contributed by atoms with van der Waals surface area (Å²) in [6, 6.07) is 9.27. The number of hydrogen-bond donors (Lipinski definition) is 1.